The highest BCUT2D eigenvalue weighted by Gasteiger charge is 2.31. The summed E-state index contributed by atoms with van der Waals surface area (Å²) in [4.78, 5) is 12.1. The van der Waals surface area contributed by atoms with E-state index in [1.54, 1.807) is 24.4 Å². The summed E-state index contributed by atoms with van der Waals surface area (Å²) >= 11 is 0. The molecule has 0 aromatic carbocycles. The van der Waals surface area contributed by atoms with E-state index in [4.69, 9.17) is 0 Å². The van der Waals surface area contributed by atoms with E-state index in [9.17, 15) is 13.2 Å². The highest BCUT2D eigenvalue weighted by molar-refractivity contribution is 5.56. The maximum absolute atomic E-state index is 12.7. The zero-order chi connectivity index (χ0) is 14.9. The quantitative estimate of drug-likeness (QED) is 0.788. The van der Waals surface area contributed by atoms with Crippen molar-refractivity contribution in [2.75, 3.05) is 0 Å². The summed E-state index contributed by atoms with van der Waals surface area (Å²) in [5.41, 5.74) is -0.205. The number of aromatic nitrogens is 5. The molecule has 3 aromatic rings. The molecular weight excluding hydrogens is 283 g/mol. The number of nitrogens with zero attached hydrogens (tertiary/aromatic N) is 4. The minimum atomic E-state index is -4.43. The Kier molecular flexibility index (Phi) is 3.13. The lowest BCUT2D eigenvalue weighted by Gasteiger charge is -2.06. The second-order valence-corrected chi connectivity index (χ2v) is 4.15. The van der Waals surface area contributed by atoms with E-state index in [1.165, 1.54) is 0 Å². The SMILES string of the molecule is FC(F)(F)c1ccnc(-c2n[nH]c(-c3ccccn3)n2)c1. The number of hydrogen-bond acceptors (Lipinski definition) is 4. The van der Waals surface area contributed by atoms with Gasteiger partial charge >= 0.3 is 6.18 Å². The maximum Gasteiger partial charge on any atom is 0.416 e. The van der Waals surface area contributed by atoms with Crippen molar-refractivity contribution in [3.63, 3.8) is 0 Å². The summed E-state index contributed by atoms with van der Waals surface area (Å²) in [5, 5.41) is 6.51. The first kappa shape index (κ1) is 13.2. The molecule has 8 heteroatoms. The largest absolute Gasteiger partial charge is 0.416 e. The standard InChI is InChI=1S/C13H8F3N5/c14-13(15,16)8-4-6-18-10(7-8)12-19-11(20-21-12)9-3-1-2-5-17-9/h1-7H,(H,19,20,21). The minimum absolute atomic E-state index is 0.0447. The van der Waals surface area contributed by atoms with Gasteiger partial charge in [0.1, 0.15) is 11.4 Å². The van der Waals surface area contributed by atoms with Crippen molar-refractivity contribution in [2.45, 2.75) is 6.18 Å². The molecule has 0 amide bonds. The molecule has 0 unspecified atom stereocenters. The lowest BCUT2D eigenvalue weighted by Crippen LogP contribution is -2.05. The van der Waals surface area contributed by atoms with Gasteiger partial charge in [-0.1, -0.05) is 6.07 Å². The number of aromatic amines is 1. The van der Waals surface area contributed by atoms with Gasteiger partial charge in [-0.25, -0.2) is 4.98 Å². The summed E-state index contributed by atoms with van der Waals surface area (Å²) < 4.78 is 38.0. The zero-order valence-corrected chi connectivity index (χ0v) is 10.5. The van der Waals surface area contributed by atoms with Crippen molar-refractivity contribution < 1.29 is 13.2 Å². The fourth-order valence-corrected chi connectivity index (χ4v) is 1.72. The fourth-order valence-electron chi connectivity index (χ4n) is 1.72. The number of rotatable bonds is 2. The topological polar surface area (TPSA) is 67.3 Å². The van der Waals surface area contributed by atoms with Crippen molar-refractivity contribution in [3.05, 3.63) is 48.3 Å². The molecule has 21 heavy (non-hydrogen) atoms. The van der Waals surface area contributed by atoms with E-state index in [2.05, 4.69) is 25.1 Å². The molecule has 0 aliphatic rings. The van der Waals surface area contributed by atoms with Crippen LogP contribution in [0.2, 0.25) is 0 Å². The second-order valence-electron chi connectivity index (χ2n) is 4.15. The van der Waals surface area contributed by atoms with Gasteiger partial charge in [0.25, 0.3) is 0 Å². The van der Waals surface area contributed by atoms with Crippen molar-refractivity contribution in [1.29, 1.82) is 0 Å². The van der Waals surface area contributed by atoms with Crippen molar-refractivity contribution in [3.8, 4) is 23.0 Å². The van der Waals surface area contributed by atoms with Gasteiger partial charge in [0.05, 0.1) is 5.56 Å². The Morgan fingerprint density at radius 1 is 0.952 bits per heavy atom. The van der Waals surface area contributed by atoms with Crippen LogP contribution in [0.4, 0.5) is 13.2 Å². The van der Waals surface area contributed by atoms with E-state index >= 15 is 0 Å². The lowest BCUT2D eigenvalue weighted by molar-refractivity contribution is -0.137. The van der Waals surface area contributed by atoms with Crippen LogP contribution in [0, 0.1) is 0 Å². The normalized spacial score (nSPS) is 11.6. The molecule has 3 heterocycles. The predicted molar refractivity (Wildman–Crippen MR) is 67.8 cm³/mol. The van der Waals surface area contributed by atoms with Crippen molar-refractivity contribution in [2.24, 2.45) is 0 Å². The predicted octanol–water partition coefficient (Wildman–Crippen LogP) is 2.95. The molecular formula is C13H8F3N5. The number of pyridine rings is 2. The Morgan fingerprint density at radius 2 is 1.76 bits per heavy atom. The number of H-pyrrole nitrogens is 1. The van der Waals surface area contributed by atoms with Gasteiger partial charge in [-0.3, -0.25) is 15.1 Å². The molecule has 0 radical (unpaired) electrons. The van der Waals surface area contributed by atoms with E-state index in [-0.39, 0.29) is 11.5 Å². The van der Waals surface area contributed by atoms with Crippen LogP contribution < -0.4 is 0 Å². The molecule has 0 bridgehead atoms. The Bertz CT molecular complexity index is 752. The smallest absolute Gasteiger partial charge is 0.257 e. The maximum atomic E-state index is 12.7. The molecule has 0 saturated carbocycles. The van der Waals surface area contributed by atoms with Crippen LogP contribution in [-0.2, 0) is 6.18 Å². The Hall–Kier alpha value is -2.77. The molecule has 0 spiro atoms. The van der Waals surface area contributed by atoms with Crippen molar-refractivity contribution in [1.82, 2.24) is 25.1 Å². The summed E-state index contributed by atoms with van der Waals surface area (Å²) in [7, 11) is 0. The Labute approximate surface area is 116 Å². The van der Waals surface area contributed by atoms with E-state index in [1.807, 2.05) is 0 Å². The number of halogens is 3. The minimum Gasteiger partial charge on any atom is -0.257 e. The molecule has 5 nitrogen and oxygen atoms in total. The van der Waals surface area contributed by atoms with Gasteiger partial charge in [-0.05, 0) is 24.3 Å². The van der Waals surface area contributed by atoms with Gasteiger partial charge in [-0.15, -0.1) is 0 Å². The Morgan fingerprint density at radius 3 is 2.48 bits per heavy atom. The van der Waals surface area contributed by atoms with Crippen LogP contribution in [0.1, 0.15) is 5.56 Å². The van der Waals surface area contributed by atoms with Crippen LogP contribution in [0.5, 0.6) is 0 Å². The summed E-state index contributed by atoms with van der Waals surface area (Å²) in [6.45, 7) is 0. The summed E-state index contributed by atoms with van der Waals surface area (Å²) in [6.07, 6.45) is -1.77. The summed E-state index contributed by atoms with van der Waals surface area (Å²) in [6, 6.07) is 7.03. The van der Waals surface area contributed by atoms with Crippen LogP contribution >= 0.6 is 0 Å². The van der Waals surface area contributed by atoms with Crippen LogP contribution in [0.25, 0.3) is 23.0 Å². The van der Waals surface area contributed by atoms with Crippen molar-refractivity contribution >= 4 is 0 Å². The first-order valence-electron chi connectivity index (χ1n) is 5.91. The monoisotopic (exact) mass is 291 g/mol. The van der Waals surface area contributed by atoms with Crippen LogP contribution in [-0.4, -0.2) is 25.1 Å². The van der Waals surface area contributed by atoms with E-state index in [0.717, 1.165) is 18.3 Å². The third kappa shape index (κ3) is 2.73. The fraction of sp³-hybridized carbons (Fsp3) is 0.0769. The van der Waals surface area contributed by atoms with Crippen LogP contribution in [0.15, 0.2) is 42.7 Å². The molecule has 1 N–H and O–H groups in total. The zero-order valence-electron chi connectivity index (χ0n) is 10.5. The molecule has 0 saturated heterocycles. The second kappa shape index (κ2) is 4.97. The first-order chi connectivity index (χ1) is 10.0. The van der Waals surface area contributed by atoms with Gasteiger partial charge in [-0.2, -0.15) is 18.3 Å². The van der Waals surface area contributed by atoms with Crippen LogP contribution in [0.3, 0.4) is 0 Å². The van der Waals surface area contributed by atoms with Gasteiger partial charge < -0.3 is 0 Å². The molecule has 0 atom stereocenters. The third-order valence-electron chi connectivity index (χ3n) is 2.71. The highest BCUT2D eigenvalue weighted by atomic mass is 19.4. The molecule has 3 rings (SSSR count). The average Bonchev–Trinajstić information content (AvgIpc) is 2.97. The van der Waals surface area contributed by atoms with Gasteiger partial charge in [0.15, 0.2) is 11.6 Å². The molecule has 3 aromatic heterocycles. The number of nitrogens with one attached hydrogen (secondary N) is 1. The van der Waals surface area contributed by atoms with Gasteiger partial charge in [0, 0.05) is 12.4 Å². The third-order valence-corrected chi connectivity index (χ3v) is 2.71. The van der Waals surface area contributed by atoms with Gasteiger partial charge in [0.2, 0.25) is 0 Å². The highest BCUT2D eigenvalue weighted by Crippen LogP contribution is 2.30. The number of alkyl halides is 3. The Balaban J connectivity index is 1.97. The molecule has 106 valence electrons. The molecule has 0 aliphatic carbocycles. The number of hydrogen-bond donors (Lipinski definition) is 1. The lowest BCUT2D eigenvalue weighted by atomic mass is 10.2. The molecule has 0 aliphatic heterocycles. The molecule has 0 fully saturated rings. The average molecular weight is 291 g/mol. The first-order valence-corrected chi connectivity index (χ1v) is 5.91. The van der Waals surface area contributed by atoms with E-state index in [0.29, 0.717) is 11.5 Å². The summed E-state index contributed by atoms with van der Waals surface area (Å²) in [5.74, 6) is 0.451. The van der Waals surface area contributed by atoms with E-state index < -0.39 is 11.7 Å².